The zero-order valence-corrected chi connectivity index (χ0v) is 6.17. The second kappa shape index (κ2) is 3.42. The summed E-state index contributed by atoms with van der Waals surface area (Å²) in [6, 6.07) is 0.483. The lowest BCUT2D eigenvalue weighted by atomic mass is 10.2. The molecule has 6 heteroatoms. The predicted molar refractivity (Wildman–Crippen MR) is 36.2 cm³/mol. The maximum atomic E-state index is 12.6. The Bertz CT molecular complexity index is 341. The Morgan fingerprint density at radius 1 is 1.54 bits per heavy atom. The summed E-state index contributed by atoms with van der Waals surface area (Å²) >= 11 is 0. The minimum Gasteiger partial charge on any atom is -0.506 e. The van der Waals surface area contributed by atoms with E-state index in [2.05, 4.69) is 4.98 Å². The van der Waals surface area contributed by atoms with Crippen LogP contribution in [0.4, 0.5) is 13.2 Å². The highest BCUT2D eigenvalue weighted by Gasteiger charge is 2.17. The van der Waals surface area contributed by atoms with E-state index in [0.29, 0.717) is 6.07 Å². The van der Waals surface area contributed by atoms with E-state index in [-0.39, 0.29) is 6.29 Å². The molecule has 0 unspecified atom stereocenters. The van der Waals surface area contributed by atoms with E-state index in [9.17, 15) is 18.0 Å². The monoisotopic (exact) mass is 191 g/mol. The SMILES string of the molecule is O=Cc1nc(F)c(C(F)F)cc1O. The number of aromatic nitrogens is 1. The fourth-order valence-electron chi connectivity index (χ4n) is 0.748. The van der Waals surface area contributed by atoms with Gasteiger partial charge < -0.3 is 5.11 Å². The lowest BCUT2D eigenvalue weighted by Gasteiger charge is -2.02. The molecule has 0 radical (unpaired) electrons. The van der Waals surface area contributed by atoms with Crippen LogP contribution in [-0.4, -0.2) is 16.4 Å². The molecule has 0 aromatic carbocycles. The Morgan fingerprint density at radius 2 is 2.15 bits per heavy atom. The van der Waals surface area contributed by atoms with Gasteiger partial charge in [-0.25, -0.2) is 13.8 Å². The first-order valence-electron chi connectivity index (χ1n) is 3.19. The smallest absolute Gasteiger partial charge is 0.268 e. The topological polar surface area (TPSA) is 50.2 Å². The Kier molecular flexibility index (Phi) is 2.50. The van der Waals surface area contributed by atoms with Crippen LogP contribution in [0.5, 0.6) is 5.75 Å². The van der Waals surface area contributed by atoms with Crippen molar-refractivity contribution in [3.63, 3.8) is 0 Å². The van der Waals surface area contributed by atoms with Gasteiger partial charge in [-0.2, -0.15) is 4.39 Å². The number of halogens is 3. The van der Waals surface area contributed by atoms with Crippen LogP contribution >= 0.6 is 0 Å². The molecule has 0 atom stereocenters. The van der Waals surface area contributed by atoms with Gasteiger partial charge >= 0.3 is 0 Å². The highest BCUT2D eigenvalue weighted by atomic mass is 19.3. The zero-order valence-electron chi connectivity index (χ0n) is 6.17. The van der Waals surface area contributed by atoms with Gasteiger partial charge in [-0.05, 0) is 6.07 Å². The molecule has 0 amide bonds. The normalized spacial score (nSPS) is 10.5. The third kappa shape index (κ3) is 1.77. The lowest BCUT2D eigenvalue weighted by Crippen LogP contribution is -1.98. The van der Waals surface area contributed by atoms with Crippen LogP contribution in [0.3, 0.4) is 0 Å². The van der Waals surface area contributed by atoms with Crippen molar-refractivity contribution in [3.05, 3.63) is 23.3 Å². The van der Waals surface area contributed by atoms with E-state index in [4.69, 9.17) is 5.11 Å². The average molecular weight is 191 g/mol. The van der Waals surface area contributed by atoms with E-state index < -0.39 is 29.4 Å². The fourth-order valence-corrected chi connectivity index (χ4v) is 0.748. The zero-order chi connectivity index (χ0) is 10.0. The molecule has 1 rings (SSSR count). The van der Waals surface area contributed by atoms with Crippen molar-refractivity contribution >= 4 is 6.29 Å². The molecular formula is C7H4F3NO2. The molecule has 1 N–H and O–H groups in total. The Hall–Kier alpha value is -1.59. The number of aromatic hydroxyl groups is 1. The molecule has 0 aliphatic rings. The average Bonchev–Trinajstić information content (AvgIpc) is 2.07. The summed E-state index contributed by atoms with van der Waals surface area (Å²) in [6.45, 7) is 0. The molecule has 0 spiro atoms. The summed E-state index contributed by atoms with van der Waals surface area (Å²) in [6.07, 6.45) is -2.99. The summed E-state index contributed by atoms with van der Waals surface area (Å²) in [5.74, 6) is -2.21. The number of nitrogens with zero attached hydrogens (tertiary/aromatic N) is 1. The number of hydrogen-bond acceptors (Lipinski definition) is 3. The molecule has 0 fully saturated rings. The molecule has 0 saturated heterocycles. The highest BCUT2D eigenvalue weighted by Crippen LogP contribution is 2.25. The van der Waals surface area contributed by atoms with Crippen molar-refractivity contribution in [3.8, 4) is 5.75 Å². The molecule has 0 saturated carbocycles. The third-order valence-corrected chi connectivity index (χ3v) is 1.36. The minimum absolute atomic E-state index is 0.0770. The van der Waals surface area contributed by atoms with Gasteiger partial charge in [-0.15, -0.1) is 0 Å². The molecule has 13 heavy (non-hydrogen) atoms. The summed E-state index contributed by atoms with van der Waals surface area (Å²) in [5, 5.41) is 8.87. The highest BCUT2D eigenvalue weighted by molar-refractivity contribution is 5.76. The Labute approximate surface area is 70.8 Å². The van der Waals surface area contributed by atoms with E-state index in [0.717, 1.165) is 0 Å². The van der Waals surface area contributed by atoms with Crippen LogP contribution in [0.1, 0.15) is 22.5 Å². The van der Waals surface area contributed by atoms with Gasteiger partial charge in [0.25, 0.3) is 6.43 Å². The number of aldehydes is 1. The summed E-state index contributed by atoms with van der Waals surface area (Å²) in [4.78, 5) is 12.9. The fraction of sp³-hybridized carbons (Fsp3) is 0.143. The first kappa shape index (κ1) is 9.50. The van der Waals surface area contributed by atoms with E-state index in [1.165, 1.54) is 0 Å². The van der Waals surface area contributed by atoms with Crippen LogP contribution < -0.4 is 0 Å². The number of pyridine rings is 1. The van der Waals surface area contributed by atoms with Crippen molar-refractivity contribution in [2.45, 2.75) is 6.43 Å². The number of hydrogen-bond donors (Lipinski definition) is 1. The lowest BCUT2D eigenvalue weighted by molar-refractivity contribution is 0.111. The summed E-state index contributed by atoms with van der Waals surface area (Å²) in [7, 11) is 0. The predicted octanol–water partition coefficient (Wildman–Crippen LogP) is 1.68. The quantitative estimate of drug-likeness (QED) is 0.571. The van der Waals surface area contributed by atoms with Crippen LogP contribution in [0.25, 0.3) is 0 Å². The van der Waals surface area contributed by atoms with Crippen LogP contribution in [0.2, 0.25) is 0 Å². The van der Waals surface area contributed by atoms with Gasteiger partial charge in [-0.3, -0.25) is 4.79 Å². The third-order valence-electron chi connectivity index (χ3n) is 1.36. The largest absolute Gasteiger partial charge is 0.506 e. The van der Waals surface area contributed by atoms with E-state index in [1.54, 1.807) is 0 Å². The van der Waals surface area contributed by atoms with Gasteiger partial charge in [0.05, 0.1) is 5.56 Å². The Balaban J connectivity index is 3.28. The molecule has 0 aliphatic heterocycles. The van der Waals surface area contributed by atoms with Gasteiger partial charge in [0.2, 0.25) is 5.95 Å². The van der Waals surface area contributed by atoms with Crippen LogP contribution in [0, 0.1) is 5.95 Å². The van der Waals surface area contributed by atoms with E-state index in [1.807, 2.05) is 0 Å². The number of carbonyl (C=O) groups is 1. The summed E-state index contributed by atoms with van der Waals surface area (Å²) < 4.78 is 36.5. The molecule has 1 aromatic heterocycles. The minimum atomic E-state index is -3.07. The standard InChI is InChI=1S/C7H4F3NO2/c8-6(9)3-1-5(13)4(2-12)11-7(3)10/h1-2,6,13H. The van der Waals surface area contributed by atoms with Crippen molar-refractivity contribution < 1.29 is 23.1 Å². The van der Waals surface area contributed by atoms with Gasteiger partial charge in [0.1, 0.15) is 11.4 Å². The maximum absolute atomic E-state index is 12.6. The van der Waals surface area contributed by atoms with Crippen molar-refractivity contribution in [2.24, 2.45) is 0 Å². The first-order valence-corrected chi connectivity index (χ1v) is 3.19. The Morgan fingerprint density at radius 3 is 2.62 bits per heavy atom. The molecule has 1 aromatic rings. The van der Waals surface area contributed by atoms with Crippen LogP contribution in [0.15, 0.2) is 6.07 Å². The molecule has 3 nitrogen and oxygen atoms in total. The number of alkyl halides is 2. The van der Waals surface area contributed by atoms with Crippen molar-refractivity contribution in [2.75, 3.05) is 0 Å². The molecule has 0 aliphatic carbocycles. The molecular weight excluding hydrogens is 187 g/mol. The van der Waals surface area contributed by atoms with E-state index >= 15 is 0 Å². The molecule has 70 valence electrons. The van der Waals surface area contributed by atoms with Gasteiger partial charge in [-0.1, -0.05) is 0 Å². The summed E-state index contributed by atoms with van der Waals surface area (Å²) in [5.41, 5.74) is -1.62. The van der Waals surface area contributed by atoms with Crippen LogP contribution in [-0.2, 0) is 0 Å². The van der Waals surface area contributed by atoms with Gasteiger partial charge in [0, 0.05) is 0 Å². The first-order chi connectivity index (χ1) is 6.06. The molecule has 1 heterocycles. The molecule has 0 bridgehead atoms. The van der Waals surface area contributed by atoms with Crippen molar-refractivity contribution in [1.82, 2.24) is 4.98 Å². The number of rotatable bonds is 2. The maximum Gasteiger partial charge on any atom is 0.268 e. The second-order valence-corrected chi connectivity index (χ2v) is 2.19. The van der Waals surface area contributed by atoms with Crippen molar-refractivity contribution in [1.29, 1.82) is 0 Å². The second-order valence-electron chi connectivity index (χ2n) is 2.19. The van der Waals surface area contributed by atoms with Gasteiger partial charge in [0.15, 0.2) is 6.29 Å². The number of carbonyl (C=O) groups excluding carboxylic acids is 1.